The van der Waals surface area contributed by atoms with Crippen molar-refractivity contribution in [3.63, 3.8) is 0 Å². The Morgan fingerprint density at radius 2 is 2.04 bits per heavy atom. The monoisotopic (exact) mass is 397 g/mol. The fourth-order valence-electron chi connectivity index (χ4n) is 2.44. The zero-order chi connectivity index (χ0) is 20.4. The summed E-state index contributed by atoms with van der Waals surface area (Å²) in [5.74, 6) is 0.927. The number of amides is 2. The molecule has 1 aromatic heterocycles. The standard InChI is InChI=1S/C10H12O.C9H10F3N3O2/c1-2-7-10-9(5-1)6-3-4-8-11-10;10-9(11,12)5-17-7-3-6(1-2-14-7)4-15-8(13)16/h1-2,5,7H,3-4,6,8H2;1-3H,4-5H2,(H3,13,15,16). The average Bonchev–Trinajstić information content (AvgIpc) is 2.91. The molecule has 0 radical (unpaired) electrons. The maximum atomic E-state index is 11.9. The summed E-state index contributed by atoms with van der Waals surface area (Å²) in [7, 11) is 0. The van der Waals surface area contributed by atoms with E-state index in [-0.39, 0.29) is 12.4 Å². The smallest absolute Gasteiger partial charge is 0.422 e. The molecule has 3 rings (SSSR count). The SMILES string of the molecule is NC(=O)NCc1ccnc(OCC(F)(F)F)c1.c1ccc2c(c1)CCCCO2. The second-order valence-electron chi connectivity index (χ2n) is 6.04. The molecule has 28 heavy (non-hydrogen) atoms. The molecule has 0 aliphatic carbocycles. The normalized spacial score (nSPS) is 13.1. The quantitative estimate of drug-likeness (QED) is 0.826. The van der Waals surface area contributed by atoms with Gasteiger partial charge in [0.25, 0.3) is 0 Å². The molecule has 0 bridgehead atoms. The lowest BCUT2D eigenvalue weighted by atomic mass is 10.1. The Hall–Kier alpha value is -2.97. The van der Waals surface area contributed by atoms with Crippen molar-refractivity contribution in [3.05, 3.63) is 53.7 Å². The summed E-state index contributed by atoms with van der Waals surface area (Å²) >= 11 is 0. The summed E-state index contributed by atoms with van der Waals surface area (Å²) in [4.78, 5) is 14.0. The summed E-state index contributed by atoms with van der Waals surface area (Å²) < 4.78 is 45.6. The van der Waals surface area contributed by atoms with Gasteiger partial charge < -0.3 is 20.5 Å². The number of carbonyl (C=O) groups is 1. The Morgan fingerprint density at radius 1 is 1.25 bits per heavy atom. The molecular weight excluding hydrogens is 375 g/mol. The number of para-hydroxylation sites is 1. The van der Waals surface area contributed by atoms with Crippen molar-refractivity contribution in [1.29, 1.82) is 0 Å². The van der Waals surface area contributed by atoms with Crippen LogP contribution in [0, 0.1) is 0 Å². The van der Waals surface area contributed by atoms with Crippen molar-refractivity contribution in [2.24, 2.45) is 5.73 Å². The summed E-state index contributed by atoms with van der Waals surface area (Å²) in [5, 5.41) is 2.29. The van der Waals surface area contributed by atoms with Gasteiger partial charge in [-0.25, -0.2) is 9.78 Å². The number of fused-ring (bicyclic) bond motifs is 1. The highest BCUT2D eigenvalue weighted by Crippen LogP contribution is 2.22. The molecule has 0 fully saturated rings. The predicted octanol–water partition coefficient (Wildman–Crippen LogP) is 3.59. The number of carbonyl (C=O) groups excluding carboxylic acids is 1. The Kier molecular flexibility index (Phi) is 7.91. The Labute approximate surface area is 160 Å². The van der Waals surface area contributed by atoms with E-state index in [1.807, 2.05) is 6.07 Å². The van der Waals surface area contributed by atoms with Crippen LogP contribution in [0.15, 0.2) is 42.6 Å². The van der Waals surface area contributed by atoms with Gasteiger partial charge in [0.05, 0.1) is 6.61 Å². The summed E-state index contributed by atoms with van der Waals surface area (Å²) in [5.41, 5.74) is 6.75. The zero-order valence-electron chi connectivity index (χ0n) is 15.2. The van der Waals surface area contributed by atoms with Gasteiger partial charge in [0.15, 0.2) is 6.61 Å². The first-order valence-electron chi connectivity index (χ1n) is 8.72. The molecule has 2 aromatic rings. The van der Waals surface area contributed by atoms with E-state index in [9.17, 15) is 18.0 Å². The molecule has 0 saturated heterocycles. The van der Waals surface area contributed by atoms with E-state index in [1.165, 1.54) is 43.2 Å². The van der Waals surface area contributed by atoms with Crippen LogP contribution >= 0.6 is 0 Å². The number of aromatic nitrogens is 1. The average molecular weight is 397 g/mol. The maximum absolute atomic E-state index is 11.9. The van der Waals surface area contributed by atoms with Crippen LogP contribution in [0.4, 0.5) is 18.0 Å². The number of urea groups is 1. The van der Waals surface area contributed by atoms with Crippen molar-refractivity contribution in [2.75, 3.05) is 13.2 Å². The van der Waals surface area contributed by atoms with Crippen LogP contribution in [0.1, 0.15) is 24.0 Å². The van der Waals surface area contributed by atoms with Gasteiger partial charge in [-0.1, -0.05) is 18.2 Å². The second kappa shape index (κ2) is 10.4. The molecule has 0 atom stereocenters. The number of hydrogen-bond acceptors (Lipinski definition) is 4. The number of nitrogens with two attached hydrogens (primary N) is 1. The van der Waals surface area contributed by atoms with Crippen molar-refractivity contribution >= 4 is 6.03 Å². The molecular formula is C19H22F3N3O3. The van der Waals surface area contributed by atoms with E-state index in [0.29, 0.717) is 5.56 Å². The van der Waals surface area contributed by atoms with Crippen LogP contribution in [0.5, 0.6) is 11.6 Å². The summed E-state index contributed by atoms with van der Waals surface area (Å²) in [6.07, 6.45) is 0.495. The van der Waals surface area contributed by atoms with Crippen LogP contribution in [-0.2, 0) is 13.0 Å². The van der Waals surface area contributed by atoms with Crippen molar-refractivity contribution in [1.82, 2.24) is 10.3 Å². The minimum absolute atomic E-state index is 0.0975. The lowest BCUT2D eigenvalue weighted by Crippen LogP contribution is -2.28. The first-order chi connectivity index (χ1) is 13.3. The minimum atomic E-state index is -4.41. The molecule has 9 heteroatoms. The zero-order valence-corrected chi connectivity index (χ0v) is 15.2. The van der Waals surface area contributed by atoms with Gasteiger partial charge in [-0.3, -0.25) is 0 Å². The third-order valence-electron chi connectivity index (χ3n) is 3.72. The largest absolute Gasteiger partial charge is 0.493 e. The number of nitrogens with zero attached hydrogens (tertiary/aromatic N) is 1. The maximum Gasteiger partial charge on any atom is 0.422 e. The lowest BCUT2D eigenvalue weighted by molar-refractivity contribution is -0.154. The first-order valence-corrected chi connectivity index (χ1v) is 8.72. The molecule has 1 aliphatic heterocycles. The number of aryl methyl sites for hydroxylation is 1. The molecule has 1 aliphatic rings. The first kappa shape index (κ1) is 21.3. The van der Waals surface area contributed by atoms with E-state index >= 15 is 0 Å². The van der Waals surface area contributed by atoms with Crippen molar-refractivity contribution in [3.8, 4) is 11.6 Å². The number of halogens is 3. The molecule has 6 nitrogen and oxygen atoms in total. The highest BCUT2D eigenvalue weighted by molar-refractivity contribution is 5.71. The van der Waals surface area contributed by atoms with Crippen LogP contribution in [-0.4, -0.2) is 30.4 Å². The van der Waals surface area contributed by atoms with Gasteiger partial charge in [-0.05, 0) is 42.5 Å². The van der Waals surface area contributed by atoms with E-state index in [1.54, 1.807) is 0 Å². The molecule has 0 unspecified atom stereocenters. The third-order valence-corrected chi connectivity index (χ3v) is 3.72. The Bertz CT molecular complexity index is 744. The number of pyridine rings is 1. The molecule has 3 N–H and O–H groups in total. The molecule has 0 saturated carbocycles. The number of primary amides is 1. The number of alkyl halides is 3. The summed E-state index contributed by atoms with van der Waals surface area (Å²) in [6, 6.07) is 10.4. The van der Waals surface area contributed by atoms with Crippen LogP contribution < -0.4 is 20.5 Å². The van der Waals surface area contributed by atoms with Gasteiger partial charge in [-0.2, -0.15) is 13.2 Å². The van der Waals surface area contributed by atoms with Crippen molar-refractivity contribution < 1.29 is 27.4 Å². The highest BCUT2D eigenvalue weighted by Gasteiger charge is 2.28. The van der Waals surface area contributed by atoms with E-state index < -0.39 is 18.8 Å². The topological polar surface area (TPSA) is 86.5 Å². The second-order valence-corrected chi connectivity index (χ2v) is 6.04. The fraction of sp³-hybridized carbons (Fsp3) is 0.368. The van der Waals surface area contributed by atoms with Gasteiger partial charge in [-0.15, -0.1) is 0 Å². The molecule has 152 valence electrons. The van der Waals surface area contributed by atoms with Crippen LogP contribution in [0.3, 0.4) is 0 Å². The highest BCUT2D eigenvalue weighted by atomic mass is 19.4. The van der Waals surface area contributed by atoms with Gasteiger partial charge >= 0.3 is 12.2 Å². The number of nitrogens with one attached hydrogen (secondary N) is 1. The number of hydrogen-bond donors (Lipinski definition) is 2. The fourth-order valence-corrected chi connectivity index (χ4v) is 2.44. The van der Waals surface area contributed by atoms with Gasteiger partial charge in [0.1, 0.15) is 5.75 Å². The number of benzene rings is 1. The third kappa shape index (κ3) is 8.15. The molecule has 0 spiro atoms. The van der Waals surface area contributed by atoms with Crippen molar-refractivity contribution in [2.45, 2.75) is 32.0 Å². The van der Waals surface area contributed by atoms with Crippen LogP contribution in [0.25, 0.3) is 0 Å². The number of ether oxygens (including phenoxy) is 2. The van der Waals surface area contributed by atoms with E-state index in [4.69, 9.17) is 10.5 Å². The predicted molar refractivity (Wildman–Crippen MR) is 97.1 cm³/mol. The molecule has 2 heterocycles. The molecule has 2 amide bonds. The lowest BCUT2D eigenvalue weighted by Gasteiger charge is -2.09. The Morgan fingerprint density at radius 3 is 2.79 bits per heavy atom. The van der Waals surface area contributed by atoms with E-state index in [2.05, 4.69) is 33.2 Å². The Balaban J connectivity index is 0.000000218. The van der Waals surface area contributed by atoms with Gasteiger partial charge in [0.2, 0.25) is 5.88 Å². The van der Waals surface area contributed by atoms with Crippen LogP contribution in [0.2, 0.25) is 0 Å². The van der Waals surface area contributed by atoms with E-state index in [0.717, 1.165) is 12.4 Å². The minimum Gasteiger partial charge on any atom is -0.493 e. The summed E-state index contributed by atoms with van der Waals surface area (Å²) in [6.45, 7) is -0.427. The number of rotatable bonds is 4. The molecule has 1 aromatic carbocycles. The van der Waals surface area contributed by atoms with Gasteiger partial charge in [0, 0.05) is 18.8 Å².